The van der Waals surface area contributed by atoms with Gasteiger partial charge in [-0.15, -0.1) is 0 Å². The van der Waals surface area contributed by atoms with Crippen molar-refractivity contribution in [1.82, 2.24) is 5.32 Å². The van der Waals surface area contributed by atoms with Crippen LogP contribution in [0.25, 0.3) is 0 Å². The first-order valence-electron chi connectivity index (χ1n) is 9.52. The number of amides is 2. The zero-order chi connectivity index (χ0) is 20.8. The summed E-state index contributed by atoms with van der Waals surface area (Å²) in [5.74, 6) is 0.148. The number of carbonyl (C=O) groups excluding carboxylic acids is 2. The molecule has 0 aliphatic carbocycles. The van der Waals surface area contributed by atoms with Crippen molar-refractivity contribution < 1.29 is 19.2 Å². The van der Waals surface area contributed by atoms with Gasteiger partial charge in [0, 0.05) is 37.3 Å². The minimum atomic E-state index is -0.443. The van der Waals surface area contributed by atoms with E-state index in [1.807, 2.05) is 6.92 Å². The van der Waals surface area contributed by atoms with Crippen molar-refractivity contribution in [2.24, 2.45) is 5.92 Å². The molecule has 1 fully saturated rings. The molecule has 0 radical (unpaired) electrons. The Balaban J connectivity index is 1.56. The van der Waals surface area contributed by atoms with Gasteiger partial charge in [0.25, 0.3) is 5.69 Å². The number of nitro groups is 1. The summed E-state index contributed by atoms with van der Waals surface area (Å²) >= 11 is 0. The van der Waals surface area contributed by atoms with Crippen LogP contribution in [0.4, 0.5) is 11.4 Å². The first-order valence-corrected chi connectivity index (χ1v) is 9.52. The van der Waals surface area contributed by atoms with Crippen molar-refractivity contribution >= 4 is 23.2 Å². The van der Waals surface area contributed by atoms with Crippen LogP contribution in [0, 0.1) is 16.0 Å². The number of ether oxygens (including phenoxy) is 1. The molecule has 1 heterocycles. The van der Waals surface area contributed by atoms with Gasteiger partial charge in [0.1, 0.15) is 12.4 Å². The fourth-order valence-electron chi connectivity index (χ4n) is 3.13. The van der Waals surface area contributed by atoms with Crippen molar-refractivity contribution in [3.8, 4) is 5.75 Å². The molecule has 0 saturated carbocycles. The van der Waals surface area contributed by atoms with Gasteiger partial charge >= 0.3 is 0 Å². The number of nitro benzene ring substituents is 1. The summed E-state index contributed by atoms with van der Waals surface area (Å²) in [6, 6.07) is 13.3. The third-order valence-electron chi connectivity index (χ3n) is 4.75. The molecule has 152 valence electrons. The summed E-state index contributed by atoms with van der Waals surface area (Å²) < 4.78 is 5.70. The van der Waals surface area contributed by atoms with Gasteiger partial charge in [0.2, 0.25) is 11.8 Å². The third kappa shape index (κ3) is 5.10. The molecule has 1 unspecified atom stereocenters. The molecule has 1 aliphatic heterocycles. The molecule has 0 bridgehead atoms. The highest BCUT2D eigenvalue weighted by molar-refractivity contribution is 6.00. The van der Waals surface area contributed by atoms with Gasteiger partial charge < -0.3 is 15.0 Å². The van der Waals surface area contributed by atoms with Gasteiger partial charge in [-0.2, -0.15) is 0 Å². The maximum absolute atomic E-state index is 12.3. The lowest BCUT2D eigenvalue weighted by Gasteiger charge is -2.17. The van der Waals surface area contributed by atoms with Crippen molar-refractivity contribution in [2.75, 3.05) is 18.0 Å². The van der Waals surface area contributed by atoms with Gasteiger partial charge in [-0.1, -0.05) is 6.92 Å². The van der Waals surface area contributed by atoms with Crippen LogP contribution < -0.4 is 15.0 Å². The van der Waals surface area contributed by atoms with Gasteiger partial charge in [0.15, 0.2) is 0 Å². The van der Waals surface area contributed by atoms with Gasteiger partial charge in [-0.05, 0) is 48.4 Å². The summed E-state index contributed by atoms with van der Waals surface area (Å²) in [5, 5.41) is 13.5. The fraction of sp³-hybridized carbons (Fsp3) is 0.333. The normalized spacial score (nSPS) is 16.0. The maximum Gasteiger partial charge on any atom is 0.269 e. The standard InChI is InChI=1S/C21H23N3O5/c1-2-11-22-21(26)16-12-20(25)23(13-16)17-7-9-19(10-8-17)29-14-15-3-5-18(6-4-15)24(27)28/h3-10,16H,2,11-14H2,1H3,(H,22,26). The average molecular weight is 397 g/mol. The zero-order valence-electron chi connectivity index (χ0n) is 16.2. The van der Waals surface area contributed by atoms with Crippen LogP contribution in [0.3, 0.4) is 0 Å². The van der Waals surface area contributed by atoms with E-state index in [2.05, 4.69) is 5.32 Å². The number of carbonyl (C=O) groups is 2. The molecule has 8 heteroatoms. The molecule has 2 amide bonds. The summed E-state index contributed by atoms with van der Waals surface area (Å²) in [6.45, 7) is 3.25. The predicted molar refractivity (Wildman–Crippen MR) is 108 cm³/mol. The number of hydrogen-bond donors (Lipinski definition) is 1. The first-order chi connectivity index (χ1) is 14.0. The van der Waals surface area contributed by atoms with E-state index in [-0.39, 0.29) is 36.4 Å². The summed E-state index contributed by atoms with van der Waals surface area (Å²) in [4.78, 5) is 36.3. The van der Waals surface area contributed by atoms with E-state index in [0.29, 0.717) is 18.8 Å². The summed E-state index contributed by atoms with van der Waals surface area (Å²) in [6.07, 6.45) is 1.07. The van der Waals surface area contributed by atoms with Gasteiger partial charge in [-0.3, -0.25) is 19.7 Å². The van der Waals surface area contributed by atoms with Crippen molar-refractivity contribution in [1.29, 1.82) is 0 Å². The molecular formula is C21H23N3O5. The highest BCUT2D eigenvalue weighted by Gasteiger charge is 2.34. The SMILES string of the molecule is CCCNC(=O)C1CC(=O)N(c2ccc(OCc3ccc([N+](=O)[O-])cc3)cc2)C1. The zero-order valence-corrected chi connectivity index (χ0v) is 16.2. The van der Waals surface area contributed by atoms with E-state index in [9.17, 15) is 19.7 Å². The Morgan fingerprint density at radius 1 is 1.21 bits per heavy atom. The van der Waals surface area contributed by atoms with E-state index in [4.69, 9.17) is 4.74 Å². The minimum absolute atomic E-state index is 0.0371. The molecule has 1 aliphatic rings. The average Bonchev–Trinajstić information content (AvgIpc) is 3.13. The number of anilines is 1. The topological polar surface area (TPSA) is 102 Å². The van der Waals surface area contributed by atoms with Crippen molar-refractivity contribution in [2.45, 2.75) is 26.4 Å². The first kappa shape index (κ1) is 20.3. The second-order valence-electron chi connectivity index (χ2n) is 6.90. The molecule has 1 saturated heterocycles. The molecule has 3 rings (SSSR count). The Morgan fingerprint density at radius 2 is 1.90 bits per heavy atom. The lowest BCUT2D eigenvalue weighted by molar-refractivity contribution is -0.384. The lowest BCUT2D eigenvalue weighted by atomic mass is 10.1. The van der Waals surface area contributed by atoms with E-state index in [0.717, 1.165) is 17.7 Å². The predicted octanol–water partition coefficient (Wildman–Crippen LogP) is 3.05. The van der Waals surface area contributed by atoms with Gasteiger partial charge in [-0.25, -0.2) is 0 Å². The lowest BCUT2D eigenvalue weighted by Crippen LogP contribution is -2.33. The maximum atomic E-state index is 12.3. The summed E-state index contributed by atoms with van der Waals surface area (Å²) in [7, 11) is 0. The number of nitrogens with zero attached hydrogens (tertiary/aromatic N) is 2. The van der Waals surface area contributed by atoms with Crippen LogP contribution >= 0.6 is 0 Å². The Kier molecular flexibility index (Phi) is 6.43. The second kappa shape index (κ2) is 9.18. The van der Waals surface area contributed by atoms with Crippen LogP contribution in [0.2, 0.25) is 0 Å². The molecule has 29 heavy (non-hydrogen) atoms. The smallest absolute Gasteiger partial charge is 0.269 e. The number of nitrogens with one attached hydrogen (secondary N) is 1. The Morgan fingerprint density at radius 3 is 2.52 bits per heavy atom. The quantitative estimate of drug-likeness (QED) is 0.545. The largest absolute Gasteiger partial charge is 0.489 e. The Bertz CT molecular complexity index is 880. The fourth-order valence-corrected chi connectivity index (χ4v) is 3.13. The van der Waals surface area contributed by atoms with Crippen LogP contribution in [0.5, 0.6) is 5.75 Å². The van der Waals surface area contributed by atoms with E-state index < -0.39 is 4.92 Å². The van der Waals surface area contributed by atoms with E-state index in [1.165, 1.54) is 12.1 Å². The van der Waals surface area contributed by atoms with Crippen LogP contribution in [-0.2, 0) is 16.2 Å². The number of benzene rings is 2. The van der Waals surface area contributed by atoms with Crippen molar-refractivity contribution in [3.63, 3.8) is 0 Å². The Hall–Kier alpha value is -3.42. The molecule has 8 nitrogen and oxygen atoms in total. The second-order valence-corrected chi connectivity index (χ2v) is 6.90. The monoisotopic (exact) mass is 397 g/mol. The number of hydrogen-bond acceptors (Lipinski definition) is 5. The molecule has 0 aromatic heterocycles. The Labute approximate surface area is 168 Å². The molecule has 0 spiro atoms. The molecule has 2 aromatic carbocycles. The van der Waals surface area contributed by atoms with Crippen molar-refractivity contribution in [3.05, 3.63) is 64.2 Å². The highest BCUT2D eigenvalue weighted by Crippen LogP contribution is 2.27. The molecule has 1 N–H and O–H groups in total. The molecular weight excluding hydrogens is 374 g/mol. The minimum Gasteiger partial charge on any atom is -0.489 e. The molecule has 2 aromatic rings. The number of rotatable bonds is 8. The molecule has 1 atom stereocenters. The van der Waals surface area contributed by atoms with Crippen LogP contribution in [0.15, 0.2) is 48.5 Å². The summed E-state index contributed by atoms with van der Waals surface area (Å²) in [5.41, 5.74) is 1.58. The third-order valence-corrected chi connectivity index (χ3v) is 4.75. The van der Waals surface area contributed by atoms with E-state index in [1.54, 1.807) is 41.3 Å². The highest BCUT2D eigenvalue weighted by atomic mass is 16.6. The van der Waals surface area contributed by atoms with E-state index >= 15 is 0 Å². The van der Waals surface area contributed by atoms with Gasteiger partial charge in [0.05, 0.1) is 10.8 Å². The number of non-ortho nitro benzene ring substituents is 1. The van der Waals surface area contributed by atoms with Crippen LogP contribution in [-0.4, -0.2) is 29.8 Å². The van der Waals surface area contributed by atoms with Crippen LogP contribution in [0.1, 0.15) is 25.3 Å².